The van der Waals surface area contributed by atoms with Crippen LogP contribution < -0.4 is 0 Å². The summed E-state index contributed by atoms with van der Waals surface area (Å²) in [7, 11) is 0. The first-order chi connectivity index (χ1) is 6.22. The molecule has 0 saturated heterocycles. The van der Waals surface area contributed by atoms with Crippen LogP contribution in [0.2, 0.25) is 0 Å². The Labute approximate surface area is 89.2 Å². The van der Waals surface area contributed by atoms with Crippen molar-refractivity contribution >= 4 is 0 Å². The van der Waals surface area contributed by atoms with Gasteiger partial charge in [0.15, 0.2) is 0 Å². The largest absolute Gasteiger partial charge is 0.478 e. The highest BCUT2D eigenvalue weighted by Gasteiger charge is 2.27. The predicted octanol–water partition coefficient (Wildman–Crippen LogP) is 4.50. The molecular formula is C13H25O+. The molecule has 0 heterocycles. The lowest BCUT2D eigenvalue weighted by Gasteiger charge is -2.17. The van der Waals surface area contributed by atoms with E-state index in [-0.39, 0.29) is 10.8 Å². The van der Waals surface area contributed by atoms with Crippen molar-refractivity contribution in [1.29, 1.82) is 0 Å². The van der Waals surface area contributed by atoms with Crippen molar-refractivity contribution < 1.29 is 5.11 Å². The Morgan fingerprint density at radius 3 is 2.00 bits per heavy atom. The third-order valence-corrected chi connectivity index (χ3v) is 2.90. The molecular weight excluding hydrogens is 172 g/mol. The lowest BCUT2D eigenvalue weighted by Crippen LogP contribution is -2.14. The summed E-state index contributed by atoms with van der Waals surface area (Å²) in [6.45, 7) is 12.8. The minimum Gasteiger partial charge on any atom is -0.478 e. The lowest BCUT2D eigenvalue weighted by molar-refractivity contribution is 0.334. The van der Waals surface area contributed by atoms with E-state index in [1.165, 1.54) is 0 Å². The van der Waals surface area contributed by atoms with Gasteiger partial charge in [0.1, 0.15) is 0 Å². The van der Waals surface area contributed by atoms with Crippen molar-refractivity contribution in [3.8, 4) is 0 Å². The molecule has 0 saturated carbocycles. The van der Waals surface area contributed by atoms with Gasteiger partial charge in [0.25, 0.3) is 5.76 Å². The fraction of sp³-hybridized carbons (Fsp3) is 0.769. The summed E-state index contributed by atoms with van der Waals surface area (Å²) in [6.07, 6.45) is 5.98. The van der Waals surface area contributed by atoms with Crippen molar-refractivity contribution in [3.05, 3.63) is 18.3 Å². The maximum Gasteiger partial charge on any atom is 0.274 e. The van der Waals surface area contributed by atoms with E-state index in [1.807, 2.05) is 12.5 Å². The summed E-state index contributed by atoms with van der Waals surface area (Å²) in [5.41, 5.74) is 0.175. The van der Waals surface area contributed by atoms with Crippen LogP contribution in [0, 0.1) is 17.3 Å². The van der Waals surface area contributed by atoms with E-state index in [0.29, 0.717) is 5.76 Å². The zero-order valence-electron chi connectivity index (χ0n) is 10.5. The molecule has 0 aliphatic carbocycles. The highest BCUT2D eigenvalue weighted by atomic mass is 16.3. The molecule has 1 N–H and O–H groups in total. The van der Waals surface area contributed by atoms with Crippen LogP contribution in [0.1, 0.15) is 54.4 Å². The van der Waals surface area contributed by atoms with E-state index in [2.05, 4.69) is 41.5 Å². The number of aliphatic hydroxyl groups is 1. The van der Waals surface area contributed by atoms with Gasteiger partial charge >= 0.3 is 0 Å². The average Bonchev–Trinajstić information content (AvgIpc) is 2.02. The molecule has 0 fully saturated rings. The highest BCUT2D eigenvalue weighted by molar-refractivity contribution is 5.13. The molecule has 0 bridgehead atoms. The first-order valence-corrected chi connectivity index (χ1v) is 5.50. The molecule has 0 spiro atoms. The maximum atomic E-state index is 9.79. The third kappa shape index (κ3) is 5.21. The average molecular weight is 197 g/mol. The molecule has 1 heteroatoms. The molecule has 0 radical (unpaired) electrons. The topological polar surface area (TPSA) is 20.2 Å². The molecule has 0 aliphatic rings. The monoisotopic (exact) mass is 197 g/mol. The van der Waals surface area contributed by atoms with Crippen LogP contribution in [0.4, 0.5) is 0 Å². The minimum atomic E-state index is 0.0877. The Morgan fingerprint density at radius 2 is 1.64 bits per heavy atom. The smallest absolute Gasteiger partial charge is 0.274 e. The van der Waals surface area contributed by atoms with Gasteiger partial charge in [0.2, 0.25) is 0 Å². The van der Waals surface area contributed by atoms with Crippen molar-refractivity contribution in [1.82, 2.24) is 0 Å². The van der Waals surface area contributed by atoms with Crippen LogP contribution in [0.3, 0.4) is 0 Å². The van der Waals surface area contributed by atoms with Crippen molar-refractivity contribution in [2.75, 3.05) is 0 Å². The van der Waals surface area contributed by atoms with Gasteiger partial charge in [-0.15, -0.1) is 0 Å². The predicted molar refractivity (Wildman–Crippen MR) is 63.2 cm³/mol. The molecule has 82 valence electrons. The van der Waals surface area contributed by atoms with Crippen LogP contribution >= 0.6 is 0 Å². The fourth-order valence-corrected chi connectivity index (χ4v) is 1.05. The fourth-order valence-electron chi connectivity index (χ4n) is 1.05. The first-order valence-electron chi connectivity index (χ1n) is 5.50. The molecule has 0 aliphatic heterocycles. The van der Waals surface area contributed by atoms with Gasteiger partial charge in [0, 0.05) is 0 Å². The van der Waals surface area contributed by atoms with Gasteiger partial charge in [-0.2, -0.15) is 0 Å². The molecule has 0 rings (SSSR count). The van der Waals surface area contributed by atoms with E-state index in [0.717, 1.165) is 12.8 Å². The summed E-state index contributed by atoms with van der Waals surface area (Å²) < 4.78 is 0. The molecule has 0 aromatic heterocycles. The van der Waals surface area contributed by atoms with Crippen molar-refractivity contribution in [2.24, 2.45) is 10.8 Å². The quantitative estimate of drug-likeness (QED) is 0.508. The molecule has 0 aromatic carbocycles. The standard InChI is InChI=1S/C13H24O/c1-7-12(3,4)9-11(14)10-13(5,6)8-2/h9-10H,7-8H2,1-6H3/p+1. The number of aliphatic hydroxyl groups excluding tert-OH is 1. The summed E-state index contributed by atoms with van der Waals surface area (Å²) in [5, 5.41) is 9.79. The van der Waals surface area contributed by atoms with Gasteiger partial charge in [-0.3, -0.25) is 0 Å². The second-order valence-corrected chi connectivity index (χ2v) is 5.40. The molecule has 1 nitrogen and oxygen atoms in total. The number of hydrogen-bond donors (Lipinski definition) is 1. The van der Waals surface area contributed by atoms with E-state index in [9.17, 15) is 5.11 Å². The lowest BCUT2D eigenvalue weighted by atomic mass is 9.83. The van der Waals surface area contributed by atoms with E-state index < -0.39 is 0 Å². The number of allylic oxidation sites excluding steroid dienone is 2. The zero-order chi connectivity index (χ0) is 11.4. The number of hydrogen-bond acceptors (Lipinski definition) is 1. The Bertz CT molecular complexity index is 199. The van der Waals surface area contributed by atoms with Crippen LogP contribution in [0.5, 0.6) is 0 Å². The molecule has 0 unspecified atom stereocenters. The second kappa shape index (κ2) is 4.77. The van der Waals surface area contributed by atoms with Crippen molar-refractivity contribution in [2.45, 2.75) is 54.4 Å². The zero-order valence-corrected chi connectivity index (χ0v) is 10.5. The molecule has 0 amide bonds. The Kier molecular flexibility index (Phi) is 4.57. The van der Waals surface area contributed by atoms with E-state index in [4.69, 9.17) is 0 Å². The Balaban J connectivity index is 4.41. The molecule has 0 atom stereocenters. The van der Waals surface area contributed by atoms with E-state index >= 15 is 0 Å². The minimum absolute atomic E-state index is 0.0877. The third-order valence-electron chi connectivity index (χ3n) is 2.90. The summed E-state index contributed by atoms with van der Waals surface area (Å²) in [4.78, 5) is 0. The number of rotatable bonds is 5. The van der Waals surface area contributed by atoms with E-state index in [1.54, 1.807) is 0 Å². The summed E-state index contributed by atoms with van der Waals surface area (Å²) in [6, 6.07) is 0. The van der Waals surface area contributed by atoms with Gasteiger partial charge in [-0.1, -0.05) is 13.8 Å². The van der Waals surface area contributed by atoms with Crippen LogP contribution in [0.25, 0.3) is 0 Å². The van der Waals surface area contributed by atoms with Gasteiger partial charge in [-0.05, 0) is 40.5 Å². The van der Waals surface area contributed by atoms with Gasteiger partial charge in [-0.25, -0.2) is 0 Å². The SMILES string of the molecule is CCC(C)(C)C=C(O)[CH+]C(C)(C)CC. The summed E-state index contributed by atoms with van der Waals surface area (Å²) >= 11 is 0. The normalized spacial score (nSPS) is 14.3. The van der Waals surface area contributed by atoms with Crippen LogP contribution in [-0.2, 0) is 0 Å². The second-order valence-electron chi connectivity index (χ2n) is 5.40. The van der Waals surface area contributed by atoms with Gasteiger partial charge < -0.3 is 5.11 Å². The van der Waals surface area contributed by atoms with Crippen molar-refractivity contribution in [3.63, 3.8) is 0 Å². The van der Waals surface area contributed by atoms with Crippen LogP contribution in [-0.4, -0.2) is 5.11 Å². The maximum absolute atomic E-state index is 9.79. The summed E-state index contributed by atoms with van der Waals surface area (Å²) in [5.74, 6) is 0.420. The molecule has 0 aromatic rings. The van der Waals surface area contributed by atoms with Crippen LogP contribution in [0.15, 0.2) is 11.8 Å². The Morgan fingerprint density at radius 1 is 1.14 bits per heavy atom. The highest BCUT2D eigenvalue weighted by Crippen LogP contribution is 2.30. The molecule has 14 heavy (non-hydrogen) atoms. The first kappa shape index (κ1) is 13.4. The Hall–Kier alpha value is -0.590. The van der Waals surface area contributed by atoms with Gasteiger partial charge in [0.05, 0.1) is 23.3 Å².